The zero-order chi connectivity index (χ0) is 13.1. The summed E-state index contributed by atoms with van der Waals surface area (Å²) in [6, 6.07) is 4.59. The minimum Gasteiger partial charge on any atom is -0.360 e. The number of hydrogen-bond donors (Lipinski definition) is 1. The summed E-state index contributed by atoms with van der Waals surface area (Å²) in [5, 5.41) is 0. The second kappa shape index (κ2) is 7.08. The van der Waals surface area contributed by atoms with Crippen molar-refractivity contribution < 1.29 is 0 Å². The fraction of sp³-hybridized carbons (Fsp3) is 0.643. The van der Waals surface area contributed by atoms with Gasteiger partial charge in [-0.3, -0.25) is 4.90 Å². The Morgan fingerprint density at radius 2 is 2.16 bits per heavy atom. The van der Waals surface area contributed by atoms with Crippen LogP contribution in [0.15, 0.2) is 18.3 Å². The molecule has 2 atom stereocenters. The Hall–Kier alpha value is -0.840. The highest BCUT2D eigenvalue weighted by molar-refractivity contribution is 5.85. The molecular formula is C14H25ClN4. The molecule has 1 aromatic rings. The number of likely N-dealkylation sites (tertiary alicyclic amines) is 1. The highest BCUT2D eigenvalue weighted by Crippen LogP contribution is 2.18. The fourth-order valence-electron chi connectivity index (χ4n) is 2.38. The molecule has 0 radical (unpaired) electrons. The first-order valence-electron chi connectivity index (χ1n) is 6.74. The molecule has 2 heterocycles. The maximum absolute atomic E-state index is 6.04. The van der Waals surface area contributed by atoms with E-state index >= 15 is 0 Å². The van der Waals surface area contributed by atoms with Crippen molar-refractivity contribution in [3.8, 4) is 0 Å². The molecular weight excluding hydrogens is 260 g/mol. The van der Waals surface area contributed by atoms with Gasteiger partial charge in [-0.05, 0) is 24.5 Å². The van der Waals surface area contributed by atoms with Crippen molar-refractivity contribution in [2.24, 2.45) is 11.7 Å². The van der Waals surface area contributed by atoms with Crippen LogP contribution in [0.4, 0.5) is 5.82 Å². The number of aromatic nitrogens is 1. The molecule has 0 amide bonds. The van der Waals surface area contributed by atoms with Crippen LogP contribution in [0.25, 0.3) is 0 Å². The maximum atomic E-state index is 6.04. The van der Waals surface area contributed by atoms with Crippen LogP contribution < -0.4 is 10.6 Å². The van der Waals surface area contributed by atoms with E-state index in [-0.39, 0.29) is 12.4 Å². The van der Waals surface area contributed by atoms with E-state index in [0.29, 0.717) is 12.0 Å². The van der Waals surface area contributed by atoms with Crippen LogP contribution in [0.1, 0.15) is 19.4 Å². The van der Waals surface area contributed by atoms with Crippen molar-refractivity contribution in [2.75, 3.05) is 31.6 Å². The minimum absolute atomic E-state index is 0. The molecule has 5 heteroatoms. The van der Waals surface area contributed by atoms with Crippen molar-refractivity contribution >= 4 is 18.2 Å². The first kappa shape index (κ1) is 16.2. The van der Waals surface area contributed by atoms with Gasteiger partial charge in [0.1, 0.15) is 5.82 Å². The number of pyridine rings is 1. The topological polar surface area (TPSA) is 45.4 Å². The van der Waals surface area contributed by atoms with E-state index in [0.717, 1.165) is 32.0 Å². The van der Waals surface area contributed by atoms with Gasteiger partial charge in [0.2, 0.25) is 0 Å². The molecule has 19 heavy (non-hydrogen) atoms. The lowest BCUT2D eigenvalue weighted by Crippen LogP contribution is -2.28. The Bertz CT molecular complexity index is 372. The van der Waals surface area contributed by atoms with Gasteiger partial charge < -0.3 is 10.6 Å². The molecule has 108 valence electrons. The van der Waals surface area contributed by atoms with Crippen molar-refractivity contribution in [1.29, 1.82) is 0 Å². The average molecular weight is 285 g/mol. The second-order valence-electron chi connectivity index (χ2n) is 5.37. The molecule has 4 nitrogen and oxygen atoms in total. The van der Waals surface area contributed by atoms with Gasteiger partial charge in [-0.15, -0.1) is 12.4 Å². The normalized spacial score (nSPS) is 23.2. The van der Waals surface area contributed by atoms with E-state index in [1.807, 2.05) is 6.20 Å². The van der Waals surface area contributed by atoms with Gasteiger partial charge in [0.05, 0.1) is 0 Å². The molecule has 1 aromatic heterocycles. The Labute approximate surface area is 122 Å². The summed E-state index contributed by atoms with van der Waals surface area (Å²) < 4.78 is 0. The largest absolute Gasteiger partial charge is 0.360 e. The SMILES string of the molecule is CCN(C)c1ccc(CN2CC(C)C(N)C2)cn1.Cl. The summed E-state index contributed by atoms with van der Waals surface area (Å²) in [7, 11) is 2.06. The van der Waals surface area contributed by atoms with E-state index in [1.54, 1.807) is 0 Å². The molecule has 0 saturated carbocycles. The molecule has 1 aliphatic heterocycles. The second-order valence-corrected chi connectivity index (χ2v) is 5.37. The van der Waals surface area contributed by atoms with E-state index in [4.69, 9.17) is 5.73 Å². The predicted molar refractivity (Wildman–Crippen MR) is 82.8 cm³/mol. The van der Waals surface area contributed by atoms with Crippen LogP contribution >= 0.6 is 12.4 Å². The third-order valence-electron chi connectivity index (χ3n) is 3.83. The Kier molecular flexibility index (Phi) is 6.04. The monoisotopic (exact) mass is 284 g/mol. The van der Waals surface area contributed by atoms with Crippen LogP contribution in [0, 0.1) is 5.92 Å². The van der Waals surface area contributed by atoms with Crippen LogP contribution in [-0.4, -0.2) is 42.6 Å². The lowest BCUT2D eigenvalue weighted by atomic mass is 10.1. The van der Waals surface area contributed by atoms with Gasteiger partial charge in [-0.1, -0.05) is 13.0 Å². The highest BCUT2D eigenvalue weighted by Gasteiger charge is 2.26. The Balaban J connectivity index is 0.00000180. The number of nitrogens with two attached hydrogens (primary N) is 1. The first-order chi connectivity index (χ1) is 8.60. The summed E-state index contributed by atoms with van der Waals surface area (Å²) in [6.07, 6.45) is 1.98. The zero-order valence-corrected chi connectivity index (χ0v) is 12.9. The summed E-state index contributed by atoms with van der Waals surface area (Å²) in [4.78, 5) is 9.05. The summed E-state index contributed by atoms with van der Waals surface area (Å²) >= 11 is 0. The molecule has 1 saturated heterocycles. The molecule has 2 N–H and O–H groups in total. The van der Waals surface area contributed by atoms with Crippen molar-refractivity contribution in [3.63, 3.8) is 0 Å². The van der Waals surface area contributed by atoms with Gasteiger partial charge in [0, 0.05) is 45.5 Å². The lowest BCUT2D eigenvalue weighted by Gasteiger charge is -2.18. The number of halogens is 1. The number of rotatable bonds is 4. The quantitative estimate of drug-likeness (QED) is 0.915. The van der Waals surface area contributed by atoms with E-state index < -0.39 is 0 Å². The van der Waals surface area contributed by atoms with E-state index in [1.165, 1.54) is 5.56 Å². The maximum Gasteiger partial charge on any atom is 0.128 e. The molecule has 1 aliphatic rings. The van der Waals surface area contributed by atoms with Crippen LogP contribution in [-0.2, 0) is 6.54 Å². The van der Waals surface area contributed by atoms with Gasteiger partial charge in [-0.2, -0.15) is 0 Å². The highest BCUT2D eigenvalue weighted by atomic mass is 35.5. The average Bonchev–Trinajstić information content (AvgIpc) is 2.68. The van der Waals surface area contributed by atoms with E-state index in [9.17, 15) is 0 Å². The third kappa shape index (κ3) is 4.06. The van der Waals surface area contributed by atoms with Gasteiger partial charge in [0.15, 0.2) is 0 Å². The molecule has 0 bridgehead atoms. The smallest absolute Gasteiger partial charge is 0.128 e. The van der Waals surface area contributed by atoms with Gasteiger partial charge >= 0.3 is 0 Å². The van der Waals surface area contributed by atoms with Gasteiger partial charge in [0.25, 0.3) is 0 Å². The molecule has 0 aromatic carbocycles. The summed E-state index contributed by atoms with van der Waals surface area (Å²) in [5.74, 6) is 1.64. The van der Waals surface area contributed by atoms with E-state index in [2.05, 4.69) is 47.8 Å². The molecule has 2 rings (SSSR count). The summed E-state index contributed by atoms with van der Waals surface area (Å²) in [6.45, 7) is 8.38. The first-order valence-corrected chi connectivity index (χ1v) is 6.74. The third-order valence-corrected chi connectivity index (χ3v) is 3.83. The molecule has 0 aliphatic carbocycles. The number of anilines is 1. The molecule has 2 unspecified atom stereocenters. The Morgan fingerprint density at radius 3 is 2.63 bits per heavy atom. The lowest BCUT2D eigenvalue weighted by molar-refractivity contribution is 0.318. The van der Waals surface area contributed by atoms with Crippen LogP contribution in [0.5, 0.6) is 0 Å². The van der Waals surface area contributed by atoms with Crippen molar-refractivity contribution in [3.05, 3.63) is 23.9 Å². The predicted octanol–water partition coefficient (Wildman–Crippen LogP) is 1.74. The van der Waals surface area contributed by atoms with Crippen LogP contribution in [0.2, 0.25) is 0 Å². The molecule has 0 spiro atoms. The number of hydrogen-bond acceptors (Lipinski definition) is 4. The summed E-state index contributed by atoms with van der Waals surface area (Å²) in [5.41, 5.74) is 7.31. The fourth-order valence-corrected chi connectivity index (χ4v) is 2.38. The zero-order valence-electron chi connectivity index (χ0n) is 12.0. The Morgan fingerprint density at radius 1 is 1.42 bits per heavy atom. The van der Waals surface area contributed by atoms with Gasteiger partial charge in [-0.25, -0.2) is 4.98 Å². The van der Waals surface area contributed by atoms with Crippen molar-refractivity contribution in [1.82, 2.24) is 9.88 Å². The van der Waals surface area contributed by atoms with Crippen LogP contribution in [0.3, 0.4) is 0 Å². The van der Waals surface area contributed by atoms with Crippen molar-refractivity contribution in [2.45, 2.75) is 26.4 Å². The standard InChI is InChI=1S/C14H24N4.ClH/c1-4-17(3)14-6-5-12(7-16-14)9-18-8-11(2)13(15)10-18;/h5-7,11,13H,4,8-10,15H2,1-3H3;1H. The molecule has 1 fully saturated rings. The number of nitrogens with zero attached hydrogens (tertiary/aromatic N) is 3. The minimum atomic E-state index is 0.